The van der Waals surface area contributed by atoms with Gasteiger partial charge in [-0.3, -0.25) is 10.1 Å². The predicted octanol–water partition coefficient (Wildman–Crippen LogP) is 4.07. The van der Waals surface area contributed by atoms with Crippen LogP contribution < -0.4 is 5.32 Å². The van der Waals surface area contributed by atoms with Crippen LogP contribution in [0.4, 0.5) is 5.13 Å². The number of anilines is 1. The molecular weight excluding hydrogens is 306 g/mol. The lowest BCUT2D eigenvalue weighted by molar-refractivity contribution is 0.102. The molecule has 0 aliphatic heterocycles. The van der Waals surface area contributed by atoms with Crippen LogP contribution in [-0.4, -0.2) is 10.9 Å². The lowest BCUT2D eigenvalue weighted by Gasteiger charge is -2.01. The van der Waals surface area contributed by atoms with E-state index in [0.29, 0.717) is 21.3 Å². The highest BCUT2D eigenvalue weighted by atomic mass is 35.5. The zero-order valence-corrected chi connectivity index (χ0v) is 12.2. The van der Waals surface area contributed by atoms with Gasteiger partial charge in [-0.05, 0) is 36.4 Å². The molecule has 0 aliphatic carbocycles. The molecule has 3 aromatic rings. The van der Waals surface area contributed by atoms with Crippen molar-refractivity contribution in [2.75, 3.05) is 5.32 Å². The highest BCUT2D eigenvalue weighted by molar-refractivity contribution is 7.22. The zero-order valence-electron chi connectivity index (χ0n) is 10.6. The second kappa shape index (κ2) is 5.52. The molecule has 1 aromatic heterocycles. The fourth-order valence-corrected chi connectivity index (χ4v) is 2.99. The van der Waals surface area contributed by atoms with Crippen LogP contribution in [-0.2, 0) is 0 Å². The fourth-order valence-electron chi connectivity index (χ4n) is 1.85. The van der Waals surface area contributed by atoms with E-state index in [1.807, 2.05) is 6.07 Å². The molecule has 0 aliphatic rings. The fraction of sp³-hybridized carbons (Fsp3) is 0. The number of carbonyl (C=O) groups is 1. The second-order valence-corrected chi connectivity index (χ2v) is 5.74. The molecular formula is C15H8ClN3OS. The van der Waals surface area contributed by atoms with Crippen LogP contribution in [0.25, 0.3) is 10.2 Å². The van der Waals surface area contributed by atoms with Crippen LogP contribution in [0.3, 0.4) is 0 Å². The lowest BCUT2D eigenvalue weighted by Crippen LogP contribution is -2.11. The summed E-state index contributed by atoms with van der Waals surface area (Å²) in [4.78, 5) is 16.5. The van der Waals surface area contributed by atoms with E-state index < -0.39 is 0 Å². The number of hydrogen-bond acceptors (Lipinski definition) is 4. The number of fused-ring (bicyclic) bond motifs is 1. The first-order valence-corrected chi connectivity index (χ1v) is 7.23. The molecule has 102 valence electrons. The number of nitrogens with zero attached hydrogens (tertiary/aromatic N) is 2. The Bertz CT molecular complexity index is 882. The Morgan fingerprint density at radius 2 is 2.14 bits per heavy atom. The van der Waals surface area contributed by atoms with Gasteiger partial charge in [-0.1, -0.05) is 29.0 Å². The molecule has 0 atom stereocenters. The molecule has 0 unspecified atom stereocenters. The largest absolute Gasteiger partial charge is 0.298 e. The van der Waals surface area contributed by atoms with Crippen molar-refractivity contribution in [2.24, 2.45) is 0 Å². The number of halogens is 1. The van der Waals surface area contributed by atoms with E-state index in [1.54, 1.807) is 42.5 Å². The monoisotopic (exact) mass is 313 g/mol. The normalized spacial score (nSPS) is 10.3. The van der Waals surface area contributed by atoms with E-state index in [0.717, 1.165) is 10.2 Å². The van der Waals surface area contributed by atoms with Crippen LogP contribution in [0, 0.1) is 11.3 Å². The third-order valence-corrected chi connectivity index (χ3v) is 3.99. The van der Waals surface area contributed by atoms with Gasteiger partial charge < -0.3 is 0 Å². The molecule has 6 heteroatoms. The summed E-state index contributed by atoms with van der Waals surface area (Å²) in [6.45, 7) is 0. The van der Waals surface area contributed by atoms with E-state index in [1.165, 1.54) is 11.3 Å². The molecule has 3 rings (SSSR count). The SMILES string of the molecule is N#Cc1cccc(C(=O)Nc2nc3ccc(Cl)cc3s2)c1. The van der Waals surface area contributed by atoms with Gasteiger partial charge in [0.25, 0.3) is 5.91 Å². The maximum atomic E-state index is 12.1. The first-order chi connectivity index (χ1) is 10.2. The summed E-state index contributed by atoms with van der Waals surface area (Å²) in [5.41, 5.74) is 1.65. The highest BCUT2D eigenvalue weighted by Gasteiger charge is 2.10. The first-order valence-electron chi connectivity index (χ1n) is 6.03. The number of carbonyl (C=O) groups excluding carboxylic acids is 1. The van der Waals surface area contributed by atoms with Crippen molar-refractivity contribution in [3.63, 3.8) is 0 Å². The smallest absolute Gasteiger partial charge is 0.257 e. The molecule has 0 fully saturated rings. The topological polar surface area (TPSA) is 65.8 Å². The van der Waals surface area contributed by atoms with E-state index in [-0.39, 0.29) is 5.91 Å². The van der Waals surface area contributed by atoms with E-state index in [4.69, 9.17) is 16.9 Å². The van der Waals surface area contributed by atoms with Crippen LogP contribution >= 0.6 is 22.9 Å². The number of nitriles is 1. The predicted molar refractivity (Wildman–Crippen MR) is 83.7 cm³/mol. The maximum absolute atomic E-state index is 12.1. The summed E-state index contributed by atoms with van der Waals surface area (Å²) >= 11 is 7.28. The summed E-state index contributed by atoms with van der Waals surface area (Å²) in [5.74, 6) is -0.294. The Balaban J connectivity index is 1.87. The lowest BCUT2D eigenvalue weighted by atomic mass is 10.1. The van der Waals surface area contributed by atoms with Crippen LogP contribution in [0.5, 0.6) is 0 Å². The van der Waals surface area contributed by atoms with Crippen molar-refractivity contribution < 1.29 is 4.79 Å². The van der Waals surface area contributed by atoms with Gasteiger partial charge in [-0.15, -0.1) is 0 Å². The Hall–Kier alpha value is -2.42. The number of hydrogen-bond donors (Lipinski definition) is 1. The summed E-state index contributed by atoms with van der Waals surface area (Å²) in [7, 11) is 0. The van der Waals surface area contributed by atoms with Crippen molar-refractivity contribution in [3.8, 4) is 6.07 Å². The summed E-state index contributed by atoms with van der Waals surface area (Å²) in [5, 5.41) is 12.7. The molecule has 0 bridgehead atoms. The van der Waals surface area contributed by atoms with Crippen LogP contribution in [0.2, 0.25) is 5.02 Å². The third-order valence-electron chi connectivity index (χ3n) is 2.82. The van der Waals surface area contributed by atoms with Gasteiger partial charge in [-0.25, -0.2) is 4.98 Å². The number of thiazole rings is 1. The molecule has 1 heterocycles. The van der Waals surface area contributed by atoms with Gasteiger partial charge in [-0.2, -0.15) is 5.26 Å². The van der Waals surface area contributed by atoms with E-state index in [9.17, 15) is 4.79 Å². The zero-order chi connectivity index (χ0) is 14.8. The van der Waals surface area contributed by atoms with Crippen LogP contribution in [0.1, 0.15) is 15.9 Å². The molecule has 0 radical (unpaired) electrons. The number of benzene rings is 2. The number of rotatable bonds is 2. The Labute approximate surface area is 129 Å². The summed E-state index contributed by atoms with van der Waals surface area (Å²) in [6.07, 6.45) is 0. The Morgan fingerprint density at radius 1 is 1.29 bits per heavy atom. The van der Waals surface area contributed by atoms with Gasteiger partial charge in [0, 0.05) is 10.6 Å². The summed E-state index contributed by atoms with van der Waals surface area (Å²) < 4.78 is 0.906. The van der Waals surface area contributed by atoms with E-state index in [2.05, 4.69) is 10.3 Å². The quantitative estimate of drug-likeness (QED) is 0.775. The van der Waals surface area contributed by atoms with Crippen molar-refractivity contribution in [1.82, 2.24) is 4.98 Å². The maximum Gasteiger partial charge on any atom is 0.257 e. The Kier molecular flexibility index (Phi) is 3.57. The standard InChI is InChI=1S/C15H8ClN3OS/c16-11-4-5-12-13(7-11)21-15(18-12)19-14(20)10-3-1-2-9(6-10)8-17/h1-7H,(H,18,19,20). The molecule has 2 aromatic carbocycles. The number of nitrogens with one attached hydrogen (secondary N) is 1. The molecule has 4 nitrogen and oxygen atoms in total. The average Bonchev–Trinajstić information content (AvgIpc) is 2.88. The average molecular weight is 314 g/mol. The molecule has 21 heavy (non-hydrogen) atoms. The molecule has 1 amide bonds. The molecule has 0 saturated carbocycles. The van der Waals surface area contributed by atoms with Gasteiger partial charge in [0.05, 0.1) is 21.8 Å². The minimum absolute atomic E-state index is 0.294. The first kappa shape index (κ1) is 13.6. The molecule has 0 saturated heterocycles. The third kappa shape index (κ3) is 2.87. The minimum atomic E-state index is -0.294. The van der Waals surface area contributed by atoms with Crippen molar-refractivity contribution >= 4 is 44.2 Å². The van der Waals surface area contributed by atoms with Crippen molar-refractivity contribution in [2.45, 2.75) is 0 Å². The van der Waals surface area contributed by atoms with Crippen molar-refractivity contribution in [1.29, 1.82) is 5.26 Å². The minimum Gasteiger partial charge on any atom is -0.298 e. The van der Waals surface area contributed by atoms with Crippen LogP contribution in [0.15, 0.2) is 42.5 Å². The summed E-state index contributed by atoms with van der Waals surface area (Å²) in [6, 6.07) is 13.9. The highest BCUT2D eigenvalue weighted by Crippen LogP contribution is 2.28. The number of amides is 1. The van der Waals surface area contributed by atoms with Gasteiger partial charge in [0.2, 0.25) is 0 Å². The molecule has 0 spiro atoms. The Morgan fingerprint density at radius 3 is 2.95 bits per heavy atom. The number of aromatic nitrogens is 1. The van der Waals surface area contributed by atoms with Crippen molar-refractivity contribution in [3.05, 3.63) is 58.6 Å². The van der Waals surface area contributed by atoms with Gasteiger partial charge in [0.15, 0.2) is 5.13 Å². The molecule has 1 N–H and O–H groups in total. The van der Waals surface area contributed by atoms with Gasteiger partial charge >= 0.3 is 0 Å². The van der Waals surface area contributed by atoms with Gasteiger partial charge in [0.1, 0.15) is 0 Å². The van der Waals surface area contributed by atoms with E-state index >= 15 is 0 Å². The second-order valence-electron chi connectivity index (χ2n) is 4.28.